The van der Waals surface area contributed by atoms with Gasteiger partial charge in [-0.05, 0) is 17.1 Å². The molecule has 0 saturated carbocycles. The van der Waals surface area contributed by atoms with Crippen molar-refractivity contribution in [3.8, 4) is 12.3 Å². The summed E-state index contributed by atoms with van der Waals surface area (Å²) in [5.41, 5.74) is 0.836. The topological polar surface area (TPSA) is 41.8 Å². The van der Waals surface area contributed by atoms with Crippen LogP contribution in [0.15, 0.2) is 30.9 Å². The predicted molar refractivity (Wildman–Crippen MR) is 72.8 cm³/mol. The quantitative estimate of drug-likeness (QED) is 0.680. The van der Waals surface area contributed by atoms with E-state index in [1.807, 2.05) is 6.07 Å². The van der Waals surface area contributed by atoms with Crippen molar-refractivity contribution < 1.29 is 9.42 Å². The van der Waals surface area contributed by atoms with E-state index in [0.29, 0.717) is 16.6 Å². The molecule has 0 amide bonds. The van der Waals surface area contributed by atoms with E-state index < -0.39 is 0 Å². The molecule has 1 N–H and O–H groups in total. The number of terminal acetylenes is 1. The van der Waals surface area contributed by atoms with Gasteiger partial charge in [0.1, 0.15) is 19.3 Å². The molecule has 0 fully saturated rings. The first kappa shape index (κ1) is 13.9. The summed E-state index contributed by atoms with van der Waals surface area (Å²) in [7, 11) is 0. The number of benzene rings is 1. The molecule has 0 saturated heterocycles. The molecule has 98 valence electrons. The van der Waals surface area contributed by atoms with Gasteiger partial charge in [0.15, 0.2) is 0 Å². The fraction of sp³-hybridized carbons (Fsp3) is 0.231. The average Bonchev–Trinajstić information content (AvgIpc) is 2.88. The van der Waals surface area contributed by atoms with E-state index in [0.717, 1.165) is 5.56 Å². The van der Waals surface area contributed by atoms with E-state index >= 15 is 0 Å². The van der Waals surface area contributed by atoms with Crippen LogP contribution in [0, 0.1) is 12.3 Å². The van der Waals surface area contributed by atoms with Crippen LogP contribution in [-0.4, -0.2) is 16.7 Å². The number of halogens is 2. The minimum atomic E-state index is -0.272. The summed E-state index contributed by atoms with van der Waals surface area (Å²) in [6.07, 6.45) is 8.21. The van der Waals surface area contributed by atoms with Crippen LogP contribution in [0.25, 0.3) is 0 Å². The van der Waals surface area contributed by atoms with Gasteiger partial charge in [0.25, 0.3) is 0 Å². The Morgan fingerprint density at radius 1 is 1.47 bits per heavy atom. The molecule has 6 heteroatoms. The maximum Gasteiger partial charge on any atom is 0.306 e. The van der Waals surface area contributed by atoms with Crippen LogP contribution >= 0.6 is 23.2 Å². The maximum atomic E-state index is 6.19. The number of aromatic nitrogens is 3. The number of hydrogen-bond acceptors (Lipinski definition) is 2. The molecule has 0 aliphatic carbocycles. The van der Waals surface area contributed by atoms with Gasteiger partial charge in [-0.1, -0.05) is 35.2 Å². The Balaban J connectivity index is 2.23. The van der Waals surface area contributed by atoms with E-state index in [1.165, 1.54) is 0 Å². The molecule has 2 aromatic rings. The lowest BCUT2D eigenvalue weighted by atomic mass is 10.1. The Bertz CT molecular complexity index is 578. The standard InChI is InChI=1S/C13H11Cl2N3O/c1-2-5-19-13(7-18-9-16-8-17-18)11-4-3-10(14)6-12(11)15/h1,3-4,6,8-9,13H,5,7H2/p+1. The second-order valence-corrected chi connectivity index (χ2v) is 4.69. The lowest BCUT2D eigenvalue weighted by Crippen LogP contribution is -2.38. The van der Waals surface area contributed by atoms with Crippen molar-refractivity contribution in [1.82, 2.24) is 10.1 Å². The number of aromatic amines is 1. The van der Waals surface area contributed by atoms with Crippen LogP contribution in [0.4, 0.5) is 0 Å². The zero-order chi connectivity index (χ0) is 13.7. The Morgan fingerprint density at radius 2 is 2.32 bits per heavy atom. The van der Waals surface area contributed by atoms with Gasteiger partial charge in [-0.25, -0.2) is 0 Å². The Hall–Kier alpha value is -1.54. The minimum Gasteiger partial charge on any atom is -0.357 e. The molecular formula is C13H12Cl2N3O+. The molecule has 1 aromatic carbocycles. The normalized spacial score (nSPS) is 12.1. The predicted octanol–water partition coefficient (Wildman–Crippen LogP) is 2.40. The zero-order valence-corrected chi connectivity index (χ0v) is 11.5. The number of ether oxygens (including phenoxy) is 1. The van der Waals surface area contributed by atoms with Gasteiger partial charge in [-0.15, -0.1) is 6.42 Å². The van der Waals surface area contributed by atoms with E-state index in [1.54, 1.807) is 29.5 Å². The first-order valence-electron chi connectivity index (χ1n) is 5.58. The third-order valence-electron chi connectivity index (χ3n) is 2.54. The number of H-pyrrole nitrogens is 1. The molecule has 1 heterocycles. The molecule has 2 rings (SSSR count). The number of nitrogens with zero attached hydrogens (tertiary/aromatic N) is 2. The summed E-state index contributed by atoms with van der Waals surface area (Å²) in [4.78, 5) is 3.94. The van der Waals surface area contributed by atoms with Gasteiger partial charge < -0.3 is 4.74 Å². The molecule has 0 aliphatic rings. The van der Waals surface area contributed by atoms with Crippen LogP contribution < -0.4 is 4.68 Å². The second-order valence-electron chi connectivity index (χ2n) is 3.84. The zero-order valence-electron chi connectivity index (χ0n) is 10.0. The van der Waals surface area contributed by atoms with Crippen molar-refractivity contribution in [3.63, 3.8) is 0 Å². The largest absolute Gasteiger partial charge is 0.357 e. The molecule has 1 unspecified atom stereocenters. The highest BCUT2D eigenvalue weighted by molar-refractivity contribution is 6.35. The summed E-state index contributed by atoms with van der Waals surface area (Å²) in [6.45, 7) is 0.737. The molecule has 0 spiro atoms. The molecule has 19 heavy (non-hydrogen) atoms. The molecule has 4 nitrogen and oxygen atoms in total. The third-order valence-corrected chi connectivity index (χ3v) is 3.11. The molecule has 1 aromatic heterocycles. The minimum absolute atomic E-state index is 0.207. The maximum absolute atomic E-state index is 6.19. The van der Waals surface area contributed by atoms with Gasteiger partial charge in [0.2, 0.25) is 6.33 Å². The van der Waals surface area contributed by atoms with Gasteiger partial charge >= 0.3 is 6.33 Å². The van der Waals surface area contributed by atoms with Crippen molar-refractivity contribution in [2.45, 2.75) is 12.6 Å². The van der Waals surface area contributed by atoms with E-state index in [9.17, 15) is 0 Å². The van der Waals surface area contributed by atoms with Gasteiger partial charge in [-0.2, -0.15) is 9.78 Å². The van der Waals surface area contributed by atoms with Crippen LogP contribution in [0.2, 0.25) is 10.0 Å². The molecule has 0 bridgehead atoms. The van der Waals surface area contributed by atoms with Gasteiger partial charge in [-0.3, -0.25) is 0 Å². The second kappa shape index (κ2) is 6.58. The van der Waals surface area contributed by atoms with E-state index in [2.05, 4.69) is 16.0 Å². The fourth-order valence-electron chi connectivity index (χ4n) is 1.69. The van der Waals surface area contributed by atoms with E-state index in [4.69, 9.17) is 34.4 Å². The Kier molecular flexibility index (Phi) is 4.80. The smallest absolute Gasteiger partial charge is 0.306 e. The monoisotopic (exact) mass is 296 g/mol. The number of hydrogen-bond donors (Lipinski definition) is 1. The van der Waals surface area contributed by atoms with Crippen LogP contribution in [-0.2, 0) is 11.3 Å². The summed E-state index contributed by atoms with van der Waals surface area (Å²) in [5, 5.41) is 4.08. The average molecular weight is 297 g/mol. The van der Waals surface area contributed by atoms with Crippen molar-refractivity contribution in [2.24, 2.45) is 0 Å². The van der Waals surface area contributed by atoms with Gasteiger partial charge in [0.05, 0.1) is 0 Å². The lowest BCUT2D eigenvalue weighted by molar-refractivity contribution is -0.758. The van der Waals surface area contributed by atoms with Crippen LogP contribution in [0.5, 0.6) is 0 Å². The Labute approximate surface area is 121 Å². The van der Waals surface area contributed by atoms with E-state index in [-0.39, 0.29) is 12.7 Å². The molecular weight excluding hydrogens is 285 g/mol. The highest BCUT2D eigenvalue weighted by atomic mass is 35.5. The van der Waals surface area contributed by atoms with Gasteiger partial charge in [0, 0.05) is 15.6 Å². The first-order chi connectivity index (χ1) is 9.20. The highest BCUT2D eigenvalue weighted by Crippen LogP contribution is 2.28. The van der Waals surface area contributed by atoms with Crippen molar-refractivity contribution >= 4 is 23.2 Å². The summed E-state index contributed by atoms with van der Waals surface area (Å²) >= 11 is 12.1. The summed E-state index contributed by atoms with van der Waals surface area (Å²) in [6, 6.07) is 5.29. The summed E-state index contributed by atoms with van der Waals surface area (Å²) < 4.78 is 7.42. The van der Waals surface area contributed by atoms with Crippen molar-refractivity contribution in [2.75, 3.05) is 6.61 Å². The molecule has 0 aliphatic heterocycles. The van der Waals surface area contributed by atoms with Crippen LogP contribution in [0.3, 0.4) is 0 Å². The van der Waals surface area contributed by atoms with Crippen molar-refractivity contribution in [1.29, 1.82) is 0 Å². The molecule has 0 radical (unpaired) electrons. The van der Waals surface area contributed by atoms with Crippen LogP contribution in [0.1, 0.15) is 11.7 Å². The molecule has 1 atom stereocenters. The SMILES string of the molecule is C#CCOC(C[n+]1cnc[nH]1)c1ccc(Cl)cc1Cl. The fourth-order valence-corrected chi connectivity index (χ4v) is 2.22. The van der Waals surface area contributed by atoms with Crippen molar-refractivity contribution in [3.05, 3.63) is 46.5 Å². The number of nitrogens with one attached hydrogen (secondary N) is 1. The first-order valence-corrected chi connectivity index (χ1v) is 6.34. The number of rotatable bonds is 5. The third kappa shape index (κ3) is 3.71. The highest BCUT2D eigenvalue weighted by Gasteiger charge is 2.19. The lowest BCUT2D eigenvalue weighted by Gasteiger charge is -2.16. The summed E-state index contributed by atoms with van der Waals surface area (Å²) in [5.74, 6) is 2.45. The Morgan fingerprint density at radius 3 is 2.95 bits per heavy atom.